The summed E-state index contributed by atoms with van der Waals surface area (Å²) >= 11 is 1.15. The molecular weight excluding hydrogens is 319 g/mol. The molecule has 0 aliphatic heterocycles. The van der Waals surface area contributed by atoms with Crippen LogP contribution in [0.1, 0.15) is 10.8 Å². The number of thioether (sulfide) groups is 1. The topological polar surface area (TPSA) is 86.9 Å². The number of aromatic nitrogens is 3. The smallest absolute Gasteiger partial charge is 0.235 e. The first kappa shape index (κ1) is 15.3. The molecule has 3 aromatic rings. The van der Waals surface area contributed by atoms with Crippen molar-refractivity contribution in [2.24, 2.45) is 12.8 Å². The van der Waals surface area contributed by atoms with Gasteiger partial charge in [-0.2, -0.15) is 0 Å². The van der Waals surface area contributed by atoms with Gasteiger partial charge in [-0.1, -0.05) is 23.9 Å². The van der Waals surface area contributed by atoms with E-state index in [0.717, 1.165) is 11.8 Å². The molecule has 3 rings (SSSR count). The summed E-state index contributed by atoms with van der Waals surface area (Å²) in [4.78, 5) is 11.8. The third-order valence-electron chi connectivity index (χ3n) is 3.23. The van der Waals surface area contributed by atoms with Crippen LogP contribution in [-0.2, 0) is 11.8 Å². The number of benzene rings is 1. The number of amides is 1. The summed E-state index contributed by atoms with van der Waals surface area (Å²) in [6.07, 6.45) is 1.54. The van der Waals surface area contributed by atoms with Gasteiger partial charge < -0.3 is 14.7 Å². The van der Waals surface area contributed by atoms with E-state index < -0.39 is 11.2 Å². The number of rotatable bonds is 5. The van der Waals surface area contributed by atoms with Gasteiger partial charge in [0.1, 0.15) is 11.1 Å². The van der Waals surface area contributed by atoms with Gasteiger partial charge in [0.05, 0.1) is 6.26 Å². The van der Waals surface area contributed by atoms with Crippen LogP contribution in [-0.4, -0.2) is 20.7 Å². The number of primary amides is 1. The van der Waals surface area contributed by atoms with Gasteiger partial charge in [0.2, 0.25) is 5.91 Å². The lowest BCUT2D eigenvalue weighted by atomic mass is 10.1. The molecular formula is C15H13FN4O2S. The summed E-state index contributed by atoms with van der Waals surface area (Å²) in [7, 11) is 1.77. The van der Waals surface area contributed by atoms with Crippen molar-refractivity contribution >= 4 is 17.7 Å². The molecule has 23 heavy (non-hydrogen) atoms. The fourth-order valence-corrected chi connectivity index (χ4v) is 3.02. The molecule has 118 valence electrons. The molecule has 0 fully saturated rings. The third-order valence-corrected chi connectivity index (χ3v) is 4.54. The maximum Gasteiger partial charge on any atom is 0.235 e. The van der Waals surface area contributed by atoms with Gasteiger partial charge in [-0.3, -0.25) is 4.79 Å². The molecule has 0 radical (unpaired) electrons. The largest absolute Gasteiger partial charge is 0.461 e. The van der Waals surface area contributed by atoms with Gasteiger partial charge in [0.15, 0.2) is 16.7 Å². The highest BCUT2D eigenvalue weighted by Crippen LogP contribution is 2.35. The SMILES string of the molecule is Cn1c(S[C@@H](C(N)=O)c2ccc(F)cc2)nnc1-c1ccco1. The van der Waals surface area contributed by atoms with E-state index >= 15 is 0 Å². The summed E-state index contributed by atoms with van der Waals surface area (Å²) in [5.74, 6) is 0.203. The fourth-order valence-electron chi connectivity index (χ4n) is 2.07. The first-order valence-electron chi connectivity index (χ1n) is 6.71. The second-order valence-electron chi connectivity index (χ2n) is 4.79. The average Bonchev–Trinajstić information content (AvgIpc) is 3.16. The van der Waals surface area contributed by atoms with Gasteiger partial charge in [-0.15, -0.1) is 10.2 Å². The Hall–Kier alpha value is -2.61. The maximum absolute atomic E-state index is 13.0. The van der Waals surface area contributed by atoms with E-state index in [0.29, 0.717) is 22.3 Å². The Morgan fingerprint density at radius 1 is 1.30 bits per heavy atom. The van der Waals surface area contributed by atoms with Crippen molar-refractivity contribution in [1.82, 2.24) is 14.8 Å². The minimum atomic E-state index is -0.692. The summed E-state index contributed by atoms with van der Waals surface area (Å²) in [5, 5.41) is 7.95. The molecule has 8 heteroatoms. The second kappa shape index (κ2) is 6.25. The molecule has 0 aliphatic rings. The number of carbonyl (C=O) groups excluding carboxylic acids is 1. The number of furan rings is 1. The van der Waals surface area contributed by atoms with Gasteiger partial charge in [-0.05, 0) is 29.8 Å². The zero-order chi connectivity index (χ0) is 16.4. The number of nitrogens with two attached hydrogens (primary N) is 1. The molecule has 0 unspecified atom stereocenters. The minimum absolute atomic E-state index is 0.374. The van der Waals surface area contributed by atoms with Crippen molar-refractivity contribution in [2.75, 3.05) is 0 Å². The number of hydrogen-bond donors (Lipinski definition) is 1. The quantitative estimate of drug-likeness (QED) is 0.726. The predicted molar refractivity (Wildman–Crippen MR) is 82.9 cm³/mol. The molecule has 0 saturated carbocycles. The van der Waals surface area contributed by atoms with Crippen molar-refractivity contribution < 1.29 is 13.6 Å². The normalized spacial score (nSPS) is 12.3. The van der Waals surface area contributed by atoms with Gasteiger partial charge in [-0.25, -0.2) is 4.39 Å². The monoisotopic (exact) mass is 332 g/mol. The Balaban J connectivity index is 1.89. The first-order valence-corrected chi connectivity index (χ1v) is 7.59. The van der Waals surface area contributed by atoms with Gasteiger partial charge >= 0.3 is 0 Å². The van der Waals surface area contributed by atoms with E-state index in [1.54, 1.807) is 30.0 Å². The molecule has 0 bridgehead atoms. The highest BCUT2D eigenvalue weighted by molar-refractivity contribution is 8.00. The van der Waals surface area contributed by atoms with Gasteiger partial charge in [0.25, 0.3) is 0 Å². The second-order valence-corrected chi connectivity index (χ2v) is 5.87. The summed E-state index contributed by atoms with van der Waals surface area (Å²) in [6.45, 7) is 0. The molecule has 0 spiro atoms. The van der Waals surface area contributed by atoms with Crippen molar-refractivity contribution in [3.05, 3.63) is 54.0 Å². The van der Waals surface area contributed by atoms with Crippen LogP contribution in [0, 0.1) is 5.82 Å². The molecule has 0 saturated heterocycles. The van der Waals surface area contributed by atoms with Crippen molar-refractivity contribution in [3.63, 3.8) is 0 Å². The van der Waals surface area contributed by atoms with E-state index in [2.05, 4.69) is 10.2 Å². The average molecular weight is 332 g/mol. The molecule has 2 N–H and O–H groups in total. The number of hydrogen-bond acceptors (Lipinski definition) is 5. The summed E-state index contributed by atoms with van der Waals surface area (Å²) < 4.78 is 20.1. The number of halogens is 1. The minimum Gasteiger partial charge on any atom is -0.461 e. The Morgan fingerprint density at radius 2 is 2.04 bits per heavy atom. The van der Waals surface area contributed by atoms with E-state index in [1.165, 1.54) is 24.3 Å². The van der Waals surface area contributed by atoms with E-state index in [9.17, 15) is 9.18 Å². The van der Waals surface area contributed by atoms with Crippen LogP contribution in [0.2, 0.25) is 0 Å². The van der Waals surface area contributed by atoms with Gasteiger partial charge in [0, 0.05) is 7.05 Å². The van der Waals surface area contributed by atoms with Crippen LogP contribution >= 0.6 is 11.8 Å². The molecule has 2 aromatic heterocycles. The predicted octanol–water partition coefficient (Wildman–Crippen LogP) is 2.53. The fraction of sp³-hybridized carbons (Fsp3) is 0.133. The van der Waals surface area contributed by atoms with Crippen LogP contribution in [0.3, 0.4) is 0 Å². The lowest BCUT2D eigenvalue weighted by molar-refractivity contribution is -0.117. The Kier molecular flexibility index (Phi) is 4.16. The Labute approximate surface area is 135 Å². The van der Waals surface area contributed by atoms with Crippen molar-refractivity contribution in [2.45, 2.75) is 10.4 Å². The van der Waals surface area contributed by atoms with Crippen LogP contribution < -0.4 is 5.73 Å². The number of nitrogens with zero attached hydrogens (tertiary/aromatic N) is 3. The molecule has 6 nitrogen and oxygen atoms in total. The van der Waals surface area contributed by atoms with E-state index in [1.807, 2.05) is 0 Å². The third kappa shape index (κ3) is 3.11. The molecule has 0 aliphatic carbocycles. The summed E-state index contributed by atoms with van der Waals surface area (Å²) in [6, 6.07) is 9.16. The lowest BCUT2D eigenvalue weighted by Gasteiger charge is -2.12. The van der Waals surface area contributed by atoms with Crippen molar-refractivity contribution in [3.8, 4) is 11.6 Å². The number of carbonyl (C=O) groups is 1. The molecule has 1 aromatic carbocycles. The standard InChI is InChI=1S/C15H13FN4O2S/c1-20-14(11-3-2-8-22-11)18-19-15(20)23-12(13(17)21)9-4-6-10(16)7-5-9/h2-8,12H,1H3,(H2,17,21)/t12-/m1/s1. The highest BCUT2D eigenvalue weighted by atomic mass is 32.2. The zero-order valence-corrected chi connectivity index (χ0v) is 13.0. The lowest BCUT2D eigenvalue weighted by Crippen LogP contribution is -2.19. The van der Waals surface area contributed by atoms with Crippen LogP contribution in [0.5, 0.6) is 0 Å². The molecule has 1 atom stereocenters. The zero-order valence-electron chi connectivity index (χ0n) is 12.1. The van der Waals surface area contributed by atoms with E-state index in [4.69, 9.17) is 10.2 Å². The summed E-state index contributed by atoms with van der Waals surface area (Å²) in [5.41, 5.74) is 6.08. The first-order chi connectivity index (χ1) is 11.1. The van der Waals surface area contributed by atoms with Crippen LogP contribution in [0.15, 0.2) is 52.2 Å². The Bertz CT molecular complexity index is 815. The van der Waals surface area contributed by atoms with Crippen LogP contribution in [0.25, 0.3) is 11.6 Å². The van der Waals surface area contributed by atoms with E-state index in [-0.39, 0.29) is 5.82 Å². The van der Waals surface area contributed by atoms with Crippen molar-refractivity contribution in [1.29, 1.82) is 0 Å². The molecule has 1 amide bonds. The Morgan fingerprint density at radius 3 is 2.65 bits per heavy atom. The maximum atomic E-state index is 13.0. The molecule has 2 heterocycles. The van der Waals surface area contributed by atoms with Crippen LogP contribution in [0.4, 0.5) is 4.39 Å². The highest BCUT2D eigenvalue weighted by Gasteiger charge is 2.23.